The summed E-state index contributed by atoms with van der Waals surface area (Å²) in [6, 6.07) is 5.63. The number of hydrogen-bond donors (Lipinski definition) is 1. The minimum Gasteiger partial charge on any atom is -0.426 e. The molecule has 0 aromatic heterocycles. The first kappa shape index (κ1) is 14.1. The first-order valence-electron chi connectivity index (χ1n) is 5.64. The van der Waals surface area contributed by atoms with Gasteiger partial charge in [0.25, 0.3) is 5.91 Å². The van der Waals surface area contributed by atoms with Gasteiger partial charge in [-0.3, -0.25) is 19.8 Å². The zero-order chi connectivity index (χ0) is 14.5. The highest BCUT2D eigenvalue weighted by molar-refractivity contribution is 8.04. The maximum atomic E-state index is 12.0. The number of para-hydroxylation sites is 1. The number of imide groups is 1. The molecule has 1 heterocycles. The molecule has 0 atom stereocenters. The molecule has 1 N–H and O–H groups in total. The molecule has 1 aliphatic rings. The van der Waals surface area contributed by atoms with Crippen LogP contribution in [0.1, 0.15) is 17.3 Å². The molecule has 2 rings (SSSR count). The number of carbonyl (C=O) groups is 3. The molecule has 7 heteroatoms. The molecule has 1 aromatic rings. The topological polar surface area (TPSA) is 75.7 Å². The van der Waals surface area contributed by atoms with Crippen LogP contribution in [0.15, 0.2) is 35.9 Å². The number of benzene rings is 1. The van der Waals surface area contributed by atoms with Gasteiger partial charge in [-0.1, -0.05) is 12.1 Å². The number of hydrogen-bond acceptors (Lipinski definition) is 5. The number of thioether (sulfide) groups is 1. The third-order valence-electron chi connectivity index (χ3n) is 2.31. The molecule has 1 aliphatic heterocycles. The first-order valence-corrected chi connectivity index (χ1v) is 6.59. The van der Waals surface area contributed by atoms with Crippen LogP contribution in [-0.2, 0) is 4.79 Å². The highest BCUT2D eigenvalue weighted by atomic mass is 32.2. The van der Waals surface area contributed by atoms with Gasteiger partial charge < -0.3 is 4.74 Å². The van der Waals surface area contributed by atoms with E-state index in [1.807, 2.05) is 0 Å². The van der Waals surface area contributed by atoms with E-state index < -0.39 is 17.9 Å². The van der Waals surface area contributed by atoms with Crippen LogP contribution in [0, 0.1) is 5.88 Å². The maximum Gasteiger partial charge on any atom is 0.329 e. The Bertz CT molecular complexity index is 585. The molecule has 1 aromatic carbocycles. The van der Waals surface area contributed by atoms with Crippen molar-refractivity contribution < 1.29 is 19.1 Å². The summed E-state index contributed by atoms with van der Waals surface area (Å²) in [7, 11) is 0. The Balaban J connectivity index is 2.10. The summed E-state index contributed by atoms with van der Waals surface area (Å²) in [5, 5.41) is 3.92. The second-order valence-corrected chi connectivity index (χ2v) is 4.54. The van der Waals surface area contributed by atoms with E-state index in [9.17, 15) is 14.4 Å². The van der Waals surface area contributed by atoms with Gasteiger partial charge in [-0.2, -0.15) is 0 Å². The van der Waals surface area contributed by atoms with Gasteiger partial charge in [0.15, 0.2) is 0 Å². The lowest BCUT2D eigenvalue weighted by atomic mass is 10.2. The predicted molar refractivity (Wildman–Crippen MR) is 73.5 cm³/mol. The summed E-state index contributed by atoms with van der Waals surface area (Å²) in [4.78, 5) is 36.0. The summed E-state index contributed by atoms with van der Waals surface area (Å²) in [5.41, 5.74) is 0.117. The third-order valence-corrected chi connectivity index (χ3v) is 2.94. The van der Waals surface area contributed by atoms with E-state index in [1.165, 1.54) is 41.9 Å². The van der Waals surface area contributed by atoms with Gasteiger partial charge in [-0.15, -0.1) is 11.8 Å². The molecule has 1 radical (unpaired) electrons. The number of urea groups is 1. The van der Waals surface area contributed by atoms with E-state index in [0.29, 0.717) is 0 Å². The van der Waals surface area contributed by atoms with E-state index in [4.69, 9.17) is 4.74 Å². The van der Waals surface area contributed by atoms with E-state index in [1.54, 1.807) is 23.4 Å². The molecule has 0 saturated heterocycles. The van der Waals surface area contributed by atoms with Crippen molar-refractivity contribution in [3.8, 4) is 5.75 Å². The molecule has 6 nitrogen and oxygen atoms in total. The van der Waals surface area contributed by atoms with Crippen molar-refractivity contribution in [3.05, 3.63) is 47.3 Å². The number of ether oxygens (including phenoxy) is 1. The normalized spacial score (nSPS) is 13.2. The molecule has 0 bridgehead atoms. The second kappa shape index (κ2) is 6.25. The van der Waals surface area contributed by atoms with Crippen LogP contribution < -0.4 is 10.1 Å². The standard InChI is InChI=1S/C13H11N2O4S/c1-9(16)19-11-5-3-2-4-10(11)12(17)14-13(18)15-6-7-20-8-15/h2-8H,1H3,(H,14,17,18). The Labute approximate surface area is 119 Å². The number of carbonyl (C=O) groups excluding carboxylic acids is 3. The van der Waals surface area contributed by atoms with Gasteiger partial charge >= 0.3 is 12.0 Å². The van der Waals surface area contributed by atoms with Gasteiger partial charge in [0.2, 0.25) is 0 Å². The molecule has 0 fully saturated rings. The fraction of sp³-hybridized carbons (Fsp3) is 0.0769. The zero-order valence-corrected chi connectivity index (χ0v) is 11.3. The summed E-state index contributed by atoms with van der Waals surface area (Å²) in [5.74, 6) is 0.496. The summed E-state index contributed by atoms with van der Waals surface area (Å²) in [6.45, 7) is 1.24. The minimum atomic E-state index is -0.634. The van der Waals surface area contributed by atoms with Gasteiger partial charge in [0.05, 0.1) is 5.56 Å². The quantitative estimate of drug-likeness (QED) is 0.667. The zero-order valence-electron chi connectivity index (χ0n) is 10.5. The highest BCUT2D eigenvalue weighted by Gasteiger charge is 2.20. The Morgan fingerprint density at radius 2 is 2.00 bits per heavy atom. The van der Waals surface area contributed by atoms with Gasteiger partial charge in [0.1, 0.15) is 11.6 Å². The SMILES string of the molecule is CC(=O)Oc1ccccc1C(=O)NC(=O)N1[CH]SC=C1. The van der Waals surface area contributed by atoms with Crippen LogP contribution in [0.4, 0.5) is 4.79 Å². The number of nitrogens with one attached hydrogen (secondary N) is 1. The van der Waals surface area contributed by atoms with Crippen molar-refractivity contribution in [1.82, 2.24) is 10.2 Å². The first-order chi connectivity index (χ1) is 9.58. The lowest BCUT2D eigenvalue weighted by Gasteiger charge is -2.13. The van der Waals surface area contributed by atoms with Crippen molar-refractivity contribution >= 4 is 29.7 Å². The van der Waals surface area contributed by atoms with Crippen molar-refractivity contribution in [3.63, 3.8) is 0 Å². The van der Waals surface area contributed by atoms with Crippen LogP contribution in [0.25, 0.3) is 0 Å². The van der Waals surface area contributed by atoms with E-state index >= 15 is 0 Å². The molecular weight excluding hydrogens is 280 g/mol. The fourth-order valence-electron chi connectivity index (χ4n) is 1.48. The summed E-state index contributed by atoms with van der Waals surface area (Å²) >= 11 is 1.32. The molecule has 0 saturated carbocycles. The van der Waals surface area contributed by atoms with Crippen LogP contribution >= 0.6 is 11.8 Å². The monoisotopic (exact) mass is 291 g/mol. The number of rotatable bonds is 2. The molecular formula is C13H11N2O4S. The molecule has 103 valence electrons. The summed E-state index contributed by atoms with van der Waals surface area (Å²) in [6.07, 6.45) is 1.53. The lowest BCUT2D eigenvalue weighted by Crippen LogP contribution is -2.37. The van der Waals surface area contributed by atoms with Crippen LogP contribution in [-0.4, -0.2) is 22.8 Å². The fourth-order valence-corrected chi connectivity index (χ4v) is 2.05. The average Bonchev–Trinajstić information content (AvgIpc) is 2.92. The average molecular weight is 291 g/mol. The molecule has 0 spiro atoms. The predicted octanol–water partition coefficient (Wildman–Crippen LogP) is 2.10. The molecule has 0 aliphatic carbocycles. The Morgan fingerprint density at radius 3 is 2.65 bits per heavy atom. The number of nitrogens with zero attached hydrogens (tertiary/aromatic N) is 1. The van der Waals surface area contributed by atoms with Gasteiger partial charge in [0, 0.05) is 13.1 Å². The van der Waals surface area contributed by atoms with Crippen molar-refractivity contribution in [2.24, 2.45) is 0 Å². The van der Waals surface area contributed by atoms with Crippen LogP contribution in [0.2, 0.25) is 0 Å². The van der Waals surface area contributed by atoms with Gasteiger partial charge in [-0.05, 0) is 17.5 Å². The summed E-state index contributed by atoms with van der Waals surface area (Å²) < 4.78 is 4.92. The second-order valence-electron chi connectivity index (χ2n) is 3.78. The van der Waals surface area contributed by atoms with E-state index in [2.05, 4.69) is 5.32 Å². The Hall–Kier alpha value is -2.28. The third kappa shape index (κ3) is 3.39. The molecule has 0 unspecified atom stereocenters. The van der Waals surface area contributed by atoms with Crippen LogP contribution in [0.5, 0.6) is 5.75 Å². The van der Waals surface area contributed by atoms with E-state index in [0.717, 1.165) is 0 Å². The Morgan fingerprint density at radius 1 is 1.25 bits per heavy atom. The molecule has 20 heavy (non-hydrogen) atoms. The van der Waals surface area contributed by atoms with E-state index in [-0.39, 0.29) is 11.3 Å². The minimum absolute atomic E-state index is 0.112. The maximum absolute atomic E-state index is 12.0. The van der Waals surface area contributed by atoms with Crippen molar-refractivity contribution in [2.75, 3.05) is 0 Å². The molecule has 3 amide bonds. The van der Waals surface area contributed by atoms with Crippen molar-refractivity contribution in [2.45, 2.75) is 6.92 Å². The lowest BCUT2D eigenvalue weighted by molar-refractivity contribution is -0.131. The van der Waals surface area contributed by atoms with Crippen molar-refractivity contribution in [1.29, 1.82) is 0 Å². The van der Waals surface area contributed by atoms with Gasteiger partial charge in [-0.25, -0.2) is 4.79 Å². The number of esters is 1. The highest BCUT2D eigenvalue weighted by Crippen LogP contribution is 2.21. The Kier molecular flexibility index (Phi) is 4.41. The largest absolute Gasteiger partial charge is 0.426 e. The van der Waals surface area contributed by atoms with Crippen LogP contribution in [0.3, 0.4) is 0 Å². The smallest absolute Gasteiger partial charge is 0.329 e. The number of amides is 3.